The van der Waals surface area contributed by atoms with Gasteiger partial charge in [-0.2, -0.15) is 13.0 Å². The molecule has 0 bridgehead atoms. The third-order valence-electron chi connectivity index (χ3n) is 6.46. The number of ether oxygens (including phenoxy) is 1. The summed E-state index contributed by atoms with van der Waals surface area (Å²) in [5.74, 6) is -3.28. The van der Waals surface area contributed by atoms with Crippen molar-refractivity contribution in [3.8, 4) is 5.75 Å². The smallest absolute Gasteiger partial charge is 0.409 e. The second kappa shape index (κ2) is 21.1. The van der Waals surface area contributed by atoms with Gasteiger partial charge in [-0.05, 0) is 19.4 Å². The number of hydrogen-bond donors (Lipinski definition) is 2. The van der Waals surface area contributed by atoms with Crippen LogP contribution in [0.25, 0.3) is 0 Å². The lowest BCUT2D eigenvalue weighted by atomic mass is 10.0. The first-order valence-electron chi connectivity index (χ1n) is 14.6. The van der Waals surface area contributed by atoms with E-state index in [-0.39, 0.29) is 5.75 Å². The average molecular weight is 585 g/mol. The van der Waals surface area contributed by atoms with E-state index in [0.29, 0.717) is 6.73 Å². The number of carbonyl (C=O) groups is 2. The van der Waals surface area contributed by atoms with E-state index in [1.807, 2.05) is 16.8 Å². The Kier molecular flexibility index (Phi) is 18.7. The highest BCUT2D eigenvalue weighted by atomic mass is 32.2. The van der Waals surface area contributed by atoms with Crippen molar-refractivity contribution in [2.75, 3.05) is 6.61 Å². The van der Waals surface area contributed by atoms with Crippen LogP contribution in [0, 0.1) is 0 Å². The minimum atomic E-state index is -4.20. The molecule has 2 heterocycles. The zero-order chi connectivity index (χ0) is 29.6. The maximum absolute atomic E-state index is 10.8. The molecule has 0 saturated heterocycles. The highest BCUT2D eigenvalue weighted by Crippen LogP contribution is 2.15. The fourth-order valence-electron chi connectivity index (χ4n) is 4.30. The molecule has 0 aliphatic carbocycles. The maximum Gasteiger partial charge on any atom is 0.409 e. The van der Waals surface area contributed by atoms with Gasteiger partial charge < -0.3 is 23.9 Å². The lowest BCUT2D eigenvalue weighted by Gasteiger charge is -2.18. The summed E-state index contributed by atoms with van der Waals surface area (Å²) in [7, 11) is -4.20. The molecule has 0 atom stereocenters. The van der Waals surface area contributed by atoms with Gasteiger partial charge >= 0.3 is 10.3 Å². The summed E-state index contributed by atoms with van der Waals surface area (Å²) in [6.45, 7) is 4.66. The predicted octanol–water partition coefficient (Wildman–Crippen LogP) is 4.32. The Morgan fingerprint density at radius 3 is 1.90 bits per heavy atom. The zero-order valence-corrected chi connectivity index (χ0v) is 25.0. The molecule has 0 fully saturated rings. The first kappa shape index (κ1) is 35.4. The van der Waals surface area contributed by atoms with E-state index in [4.69, 9.17) is 4.74 Å². The average Bonchev–Trinajstić information content (AvgIpc) is 2.87. The fraction of sp³-hybridized carbons (Fsp3) is 0.690. The molecule has 0 saturated carbocycles. The number of carboxylic acid groups (broad SMARTS) is 1. The molecule has 0 radical (unpaired) electrons. The van der Waals surface area contributed by atoms with Crippen LogP contribution in [0.15, 0.2) is 35.9 Å². The van der Waals surface area contributed by atoms with Crippen LogP contribution < -0.4 is 14.4 Å². The second-order valence-corrected chi connectivity index (χ2v) is 11.4. The van der Waals surface area contributed by atoms with Crippen molar-refractivity contribution in [1.29, 1.82) is 0 Å². The molecular weight excluding hydrogens is 536 g/mol. The topological polar surface area (TPSA) is 146 Å². The van der Waals surface area contributed by atoms with E-state index >= 15 is 0 Å². The largest absolute Gasteiger partial charge is 0.544 e. The minimum Gasteiger partial charge on any atom is -0.544 e. The number of nitrogens with one attached hydrogen (secondary N) is 1. The molecule has 1 amide bonds. The number of unbranched alkanes of at least 4 members (excludes halogenated alkanes) is 15. The summed E-state index contributed by atoms with van der Waals surface area (Å²) in [6.07, 6.45) is 25.9. The molecule has 0 aromatic carbocycles. The molecule has 1 aromatic heterocycles. The van der Waals surface area contributed by atoms with Crippen molar-refractivity contribution >= 4 is 22.2 Å². The van der Waals surface area contributed by atoms with Gasteiger partial charge in [-0.25, -0.2) is 4.72 Å². The molecule has 2 rings (SSSR count). The van der Waals surface area contributed by atoms with Gasteiger partial charge in [-0.1, -0.05) is 103 Å². The second-order valence-electron chi connectivity index (χ2n) is 10.1. The molecule has 0 spiro atoms. The van der Waals surface area contributed by atoms with Crippen LogP contribution in [-0.4, -0.2) is 32.0 Å². The number of hydrogen-bond acceptors (Lipinski definition) is 8. The fourth-order valence-corrected chi connectivity index (χ4v) is 5.08. The van der Waals surface area contributed by atoms with Crippen LogP contribution in [0.5, 0.6) is 5.75 Å². The first-order chi connectivity index (χ1) is 19.2. The summed E-state index contributed by atoms with van der Waals surface area (Å²) in [6, 6.07) is 3.50. The molecular formula is C29H48N2O8S. The molecule has 10 nitrogen and oxygen atoms in total. The van der Waals surface area contributed by atoms with Gasteiger partial charge in [-0.15, -0.1) is 0 Å². The highest BCUT2D eigenvalue weighted by molar-refractivity contribution is 7.85. The normalized spacial score (nSPS) is 14.2. The summed E-state index contributed by atoms with van der Waals surface area (Å²) in [5, 5.41) is 19.7. The Labute approximate surface area is 240 Å². The summed E-state index contributed by atoms with van der Waals surface area (Å²) in [5.41, 5.74) is -0.824. The molecule has 1 aliphatic heterocycles. The number of aromatic nitrogens is 1. The van der Waals surface area contributed by atoms with E-state index < -0.39 is 33.5 Å². The van der Waals surface area contributed by atoms with Gasteiger partial charge in [0.1, 0.15) is 11.3 Å². The summed E-state index contributed by atoms with van der Waals surface area (Å²) < 4.78 is 34.3. The summed E-state index contributed by atoms with van der Waals surface area (Å²) in [4.78, 5) is 21.1. The van der Waals surface area contributed by atoms with Gasteiger partial charge in [-0.3, -0.25) is 4.79 Å². The van der Waals surface area contributed by atoms with Crippen LogP contribution in [0.2, 0.25) is 0 Å². The Bertz CT molecular complexity index is 1010. The maximum atomic E-state index is 10.8. The monoisotopic (exact) mass is 584 g/mol. The van der Waals surface area contributed by atoms with Crippen LogP contribution >= 0.6 is 0 Å². The molecule has 0 unspecified atom stereocenters. The van der Waals surface area contributed by atoms with Crippen LogP contribution in [0.1, 0.15) is 117 Å². The number of amides is 1. The number of rotatable bonds is 20. The van der Waals surface area contributed by atoms with Gasteiger partial charge in [0.2, 0.25) is 6.20 Å². The number of carboxylic acids is 1. The van der Waals surface area contributed by atoms with Crippen LogP contribution in [-0.2, 0) is 35.5 Å². The number of aromatic hydroxyl groups is 1. The minimum absolute atomic E-state index is 0.281. The highest BCUT2D eigenvalue weighted by Gasteiger charge is 2.29. The molecule has 2 N–H and O–H groups in total. The number of pyridine rings is 1. The predicted molar refractivity (Wildman–Crippen MR) is 150 cm³/mol. The van der Waals surface area contributed by atoms with E-state index in [9.17, 15) is 28.2 Å². The molecule has 11 heteroatoms. The lowest BCUT2D eigenvalue weighted by molar-refractivity contribution is -0.733. The SMILES string of the molecule is CC1=C(C(=O)[O-])C(=O)NS(=O)(=O)O1.CCCCCCCCCCCCCCCCCCOC[n+]1cccc(O)c1. The van der Waals surface area contributed by atoms with Gasteiger partial charge in [0.05, 0.1) is 12.6 Å². The van der Waals surface area contributed by atoms with Crippen LogP contribution in [0.3, 0.4) is 0 Å². The molecule has 1 aliphatic rings. The molecule has 40 heavy (non-hydrogen) atoms. The number of carbonyl (C=O) groups excluding carboxylic acids is 2. The number of allylic oxidation sites excluding steroid dienone is 1. The third-order valence-corrected chi connectivity index (χ3v) is 7.37. The molecule has 228 valence electrons. The summed E-state index contributed by atoms with van der Waals surface area (Å²) >= 11 is 0. The standard InChI is InChI=1S/C24H43NO2.C5H5NO6S/c1-2-3-4-5-6-7-8-9-10-11-12-13-14-15-16-17-21-27-23-25-20-18-19-24(26)22-25;1-2-3(5(8)9)4(7)6-13(10,11)12-2/h18-20,22H,2-17,21,23H2,1H3;1H3,(H,6,7)(H,8,9). The van der Waals surface area contributed by atoms with Gasteiger partial charge in [0.15, 0.2) is 11.9 Å². The third kappa shape index (κ3) is 17.1. The van der Waals surface area contributed by atoms with Crippen molar-refractivity contribution in [2.45, 2.75) is 123 Å². The zero-order valence-electron chi connectivity index (χ0n) is 24.2. The van der Waals surface area contributed by atoms with Crippen LogP contribution in [0.4, 0.5) is 0 Å². The van der Waals surface area contributed by atoms with Crippen molar-refractivity contribution in [2.24, 2.45) is 0 Å². The lowest BCUT2D eigenvalue weighted by Crippen LogP contribution is -2.43. The number of aliphatic carboxylic acids is 1. The van der Waals surface area contributed by atoms with Crippen molar-refractivity contribution < 1.29 is 41.7 Å². The Morgan fingerprint density at radius 2 is 1.45 bits per heavy atom. The van der Waals surface area contributed by atoms with Crippen molar-refractivity contribution in [3.63, 3.8) is 0 Å². The Morgan fingerprint density at radius 1 is 0.950 bits per heavy atom. The van der Waals surface area contributed by atoms with E-state index in [2.05, 4.69) is 11.1 Å². The van der Waals surface area contributed by atoms with E-state index in [0.717, 1.165) is 20.0 Å². The van der Waals surface area contributed by atoms with Crippen molar-refractivity contribution in [1.82, 2.24) is 4.72 Å². The van der Waals surface area contributed by atoms with E-state index in [1.54, 1.807) is 12.3 Å². The first-order valence-corrected chi connectivity index (χ1v) is 16.0. The molecule has 1 aromatic rings. The van der Waals surface area contributed by atoms with Gasteiger partial charge in [0, 0.05) is 6.07 Å². The quantitative estimate of drug-likeness (QED) is 0.131. The van der Waals surface area contributed by atoms with Gasteiger partial charge in [0.25, 0.3) is 12.6 Å². The Hall–Kier alpha value is -2.66. The Balaban J connectivity index is 0.000000512. The van der Waals surface area contributed by atoms with E-state index in [1.165, 1.54) is 101 Å². The number of nitrogens with zero attached hydrogens (tertiary/aromatic N) is 1. The van der Waals surface area contributed by atoms with Crippen molar-refractivity contribution in [3.05, 3.63) is 35.9 Å².